The molecular formula is C12H20N2O6. The lowest BCUT2D eigenvalue weighted by molar-refractivity contribution is -0.145. The number of hydrogen-bond donors (Lipinski definition) is 3. The highest BCUT2D eigenvalue weighted by molar-refractivity contribution is 5.86. The molecule has 3 unspecified atom stereocenters. The van der Waals surface area contributed by atoms with Crippen LogP contribution in [0, 0.1) is 5.92 Å². The van der Waals surface area contributed by atoms with E-state index in [1.54, 1.807) is 7.11 Å². The molecule has 114 valence electrons. The van der Waals surface area contributed by atoms with Crippen LogP contribution in [-0.4, -0.2) is 65.4 Å². The van der Waals surface area contributed by atoms with Gasteiger partial charge in [0.05, 0.1) is 12.5 Å². The molecule has 1 saturated heterocycles. The van der Waals surface area contributed by atoms with E-state index in [9.17, 15) is 14.4 Å². The van der Waals surface area contributed by atoms with Gasteiger partial charge in [-0.3, -0.25) is 4.79 Å². The van der Waals surface area contributed by atoms with Crippen LogP contribution in [0.15, 0.2) is 0 Å². The van der Waals surface area contributed by atoms with Crippen molar-refractivity contribution in [3.63, 3.8) is 0 Å². The van der Waals surface area contributed by atoms with Crippen LogP contribution in [-0.2, 0) is 14.3 Å². The number of hydrogen-bond acceptors (Lipinski definition) is 4. The van der Waals surface area contributed by atoms with Crippen LogP contribution < -0.4 is 5.32 Å². The maximum absolute atomic E-state index is 12.0. The molecule has 0 spiro atoms. The van der Waals surface area contributed by atoms with E-state index in [-0.39, 0.29) is 6.10 Å². The molecule has 8 nitrogen and oxygen atoms in total. The van der Waals surface area contributed by atoms with Gasteiger partial charge in [0.1, 0.15) is 6.04 Å². The van der Waals surface area contributed by atoms with Crippen LogP contribution in [0.3, 0.4) is 0 Å². The van der Waals surface area contributed by atoms with E-state index in [1.165, 1.54) is 4.90 Å². The minimum Gasteiger partial charge on any atom is -0.481 e. The summed E-state index contributed by atoms with van der Waals surface area (Å²) < 4.78 is 5.27. The first-order valence-electron chi connectivity index (χ1n) is 6.38. The molecule has 0 bridgehead atoms. The lowest BCUT2D eigenvalue weighted by atomic mass is 9.96. The molecule has 2 amide bonds. The average molecular weight is 288 g/mol. The summed E-state index contributed by atoms with van der Waals surface area (Å²) in [6.07, 6.45) is -0.000940. The summed E-state index contributed by atoms with van der Waals surface area (Å²) in [5.41, 5.74) is 0. The molecule has 1 aliphatic rings. The Labute approximate surface area is 116 Å². The van der Waals surface area contributed by atoms with E-state index in [0.717, 1.165) is 6.42 Å². The van der Waals surface area contributed by atoms with E-state index in [4.69, 9.17) is 14.9 Å². The molecule has 0 radical (unpaired) electrons. The van der Waals surface area contributed by atoms with Crippen LogP contribution in [0.2, 0.25) is 0 Å². The Bertz CT molecular complexity index is 386. The van der Waals surface area contributed by atoms with Gasteiger partial charge in [-0.15, -0.1) is 0 Å². The Hall–Kier alpha value is -1.83. The first-order valence-corrected chi connectivity index (χ1v) is 6.38. The third-order valence-corrected chi connectivity index (χ3v) is 3.45. The predicted octanol–water partition coefficient (Wildman–Crippen LogP) is -0.0193. The number of carboxylic acid groups (broad SMARTS) is 2. The molecule has 8 heteroatoms. The quantitative estimate of drug-likeness (QED) is 0.654. The lowest BCUT2D eigenvalue weighted by Gasteiger charge is -2.36. The summed E-state index contributed by atoms with van der Waals surface area (Å²) in [5.74, 6) is -2.33. The van der Waals surface area contributed by atoms with Crippen molar-refractivity contribution >= 4 is 18.0 Å². The first kappa shape index (κ1) is 16.2. The maximum atomic E-state index is 12.0. The molecule has 0 aromatic carbocycles. The Morgan fingerprint density at radius 2 is 2.05 bits per heavy atom. The minimum atomic E-state index is -1.43. The number of carbonyl (C=O) groups is 3. The Morgan fingerprint density at radius 3 is 2.55 bits per heavy atom. The molecule has 0 aromatic rings. The number of nitrogens with one attached hydrogen (secondary N) is 1. The van der Waals surface area contributed by atoms with Crippen molar-refractivity contribution in [2.24, 2.45) is 5.92 Å². The second-order valence-electron chi connectivity index (χ2n) is 4.92. The molecule has 0 aromatic heterocycles. The minimum absolute atomic E-state index is 0.0998. The van der Waals surface area contributed by atoms with E-state index < -0.39 is 30.4 Å². The maximum Gasteiger partial charge on any atom is 0.326 e. The van der Waals surface area contributed by atoms with Crippen LogP contribution in [0.1, 0.15) is 19.8 Å². The highest BCUT2D eigenvalue weighted by atomic mass is 16.5. The number of aliphatic carboxylic acids is 2. The standard InChI is InChI=1S/C12H20N2O6/c1-7-3-4-14(6-9(7)20-2)12(19)13-8(11(17)18)5-10(15)16/h7-9H,3-6H2,1-2H3,(H,13,19)(H,15,16)(H,17,18). The molecule has 1 aliphatic heterocycles. The number of methoxy groups -OCH3 is 1. The zero-order valence-electron chi connectivity index (χ0n) is 11.5. The van der Waals surface area contributed by atoms with Crippen molar-refractivity contribution < 1.29 is 29.3 Å². The molecule has 0 aliphatic carbocycles. The number of carboxylic acids is 2. The molecule has 3 N–H and O–H groups in total. The van der Waals surface area contributed by atoms with E-state index in [0.29, 0.717) is 19.0 Å². The lowest BCUT2D eigenvalue weighted by Crippen LogP contribution is -2.54. The van der Waals surface area contributed by atoms with Crippen LogP contribution in [0.5, 0.6) is 0 Å². The number of nitrogens with zero attached hydrogens (tertiary/aromatic N) is 1. The van der Waals surface area contributed by atoms with E-state index >= 15 is 0 Å². The van der Waals surface area contributed by atoms with Crippen molar-refractivity contribution in [3.8, 4) is 0 Å². The summed E-state index contributed by atoms with van der Waals surface area (Å²) in [6.45, 7) is 2.88. The van der Waals surface area contributed by atoms with Crippen molar-refractivity contribution in [2.75, 3.05) is 20.2 Å². The zero-order valence-corrected chi connectivity index (χ0v) is 11.5. The molecular weight excluding hydrogens is 268 g/mol. The average Bonchev–Trinajstić information content (AvgIpc) is 2.37. The Balaban J connectivity index is 2.60. The highest BCUT2D eigenvalue weighted by Crippen LogP contribution is 2.19. The van der Waals surface area contributed by atoms with E-state index in [1.807, 2.05) is 6.92 Å². The van der Waals surface area contributed by atoms with Crippen LogP contribution >= 0.6 is 0 Å². The number of carbonyl (C=O) groups excluding carboxylic acids is 1. The predicted molar refractivity (Wildman–Crippen MR) is 68.4 cm³/mol. The van der Waals surface area contributed by atoms with Gasteiger partial charge in [0, 0.05) is 20.2 Å². The van der Waals surface area contributed by atoms with Gasteiger partial charge in [-0.25, -0.2) is 9.59 Å². The fraction of sp³-hybridized carbons (Fsp3) is 0.750. The fourth-order valence-corrected chi connectivity index (χ4v) is 2.14. The van der Waals surface area contributed by atoms with Crippen molar-refractivity contribution in [2.45, 2.75) is 31.9 Å². The normalized spacial score (nSPS) is 24.0. The first-order chi connectivity index (χ1) is 9.35. The highest BCUT2D eigenvalue weighted by Gasteiger charge is 2.31. The monoisotopic (exact) mass is 288 g/mol. The Kier molecular flexibility index (Phi) is 5.75. The number of piperidine rings is 1. The number of rotatable bonds is 5. The van der Waals surface area contributed by atoms with Crippen molar-refractivity contribution in [3.05, 3.63) is 0 Å². The topological polar surface area (TPSA) is 116 Å². The molecule has 1 heterocycles. The molecule has 3 atom stereocenters. The largest absolute Gasteiger partial charge is 0.481 e. The zero-order chi connectivity index (χ0) is 15.3. The van der Waals surface area contributed by atoms with Crippen LogP contribution in [0.25, 0.3) is 0 Å². The van der Waals surface area contributed by atoms with Crippen molar-refractivity contribution in [1.82, 2.24) is 10.2 Å². The van der Waals surface area contributed by atoms with Gasteiger partial charge < -0.3 is 25.2 Å². The fourth-order valence-electron chi connectivity index (χ4n) is 2.14. The van der Waals surface area contributed by atoms with Gasteiger partial charge in [-0.05, 0) is 12.3 Å². The van der Waals surface area contributed by atoms with Gasteiger partial charge in [0.15, 0.2) is 0 Å². The van der Waals surface area contributed by atoms with Crippen LogP contribution in [0.4, 0.5) is 4.79 Å². The second-order valence-corrected chi connectivity index (χ2v) is 4.92. The number of amides is 2. The second kappa shape index (κ2) is 7.09. The number of ether oxygens (including phenoxy) is 1. The van der Waals surface area contributed by atoms with Gasteiger partial charge in [-0.2, -0.15) is 0 Å². The number of likely N-dealkylation sites (tertiary alicyclic amines) is 1. The molecule has 20 heavy (non-hydrogen) atoms. The summed E-state index contributed by atoms with van der Waals surface area (Å²) >= 11 is 0. The smallest absolute Gasteiger partial charge is 0.326 e. The SMILES string of the molecule is COC1CN(C(=O)NC(CC(=O)O)C(=O)O)CCC1C. The molecule has 1 rings (SSSR count). The van der Waals surface area contributed by atoms with Crippen molar-refractivity contribution in [1.29, 1.82) is 0 Å². The summed E-state index contributed by atoms with van der Waals surface area (Å²) in [5, 5.41) is 19.7. The summed E-state index contributed by atoms with van der Waals surface area (Å²) in [7, 11) is 1.56. The summed E-state index contributed by atoms with van der Waals surface area (Å²) in [4.78, 5) is 34.9. The Morgan fingerprint density at radius 1 is 1.40 bits per heavy atom. The van der Waals surface area contributed by atoms with Gasteiger partial charge in [0.2, 0.25) is 0 Å². The van der Waals surface area contributed by atoms with Gasteiger partial charge >= 0.3 is 18.0 Å². The third kappa shape index (κ3) is 4.37. The summed E-state index contributed by atoms with van der Waals surface area (Å²) in [6, 6.07) is -2.01. The third-order valence-electron chi connectivity index (χ3n) is 3.45. The van der Waals surface area contributed by atoms with E-state index in [2.05, 4.69) is 5.32 Å². The van der Waals surface area contributed by atoms with Gasteiger partial charge in [-0.1, -0.05) is 6.92 Å². The van der Waals surface area contributed by atoms with Gasteiger partial charge in [0.25, 0.3) is 0 Å². The molecule has 0 saturated carbocycles. The number of urea groups is 1. The molecule has 1 fully saturated rings.